The Kier molecular flexibility index (Phi) is 8.51. The molecule has 0 saturated carbocycles. The van der Waals surface area contributed by atoms with Gasteiger partial charge in [0, 0.05) is 12.1 Å². The van der Waals surface area contributed by atoms with Crippen LogP contribution in [-0.4, -0.2) is 40.8 Å². The van der Waals surface area contributed by atoms with Crippen molar-refractivity contribution in [2.45, 2.75) is 50.6 Å². The summed E-state index contributed by atoms with van der Waals surface area (Å²) in [7, 11) is 0. The topological polar surface area (TPSA) is 161 Å². The fourth-order valence-corrected chi connectivity index (χ4v) is 1.53. The van der Waals surface area contributed by atoms with E-state index in [-0.39, 0.29) is 12.5 Å². The Morgan fingerprint density at radius 1 is 1.35 bits per heavy atom. The minimum absolute atomic E-state index is 0.264. The van der Waals surface area contributed by atoms with Crippen molar-refractivity contribution in [3.8, 4) is 0 Å². The third-order valence-corrected chi connectivity index (χ3v) is 2.76. The Labute approximate surface area is 100 Å². The summed E-state index contributed by atoms with van der Waals surface area (Å²) in [5, 5.41) is 17.4. The monoisotopic (exact) mass is 253 g/mol. The van der Waals surface area contributed by atoms with Crippen LogP contribution in [0.1, 0.15) is 20.3 Å². The Morgan fingerprint density at radius 2 is 1.94 bits per heavy atom. The van der Waals surface area contributed by atoms with Crippen LogP contribution in [0.3, 0.4) is 0 Å². The van der Waals surface area contributed by atoms with Gasteiger partial charge in [0.15, 0.2) is 0 Å². The average Bonchev–Trinajstić information content (AvgIpc) is 2.35. The van der Waals surface area contributed by atoms with Crippen LogP contribution in [0.2, 0.25) is 0 Å². The van der Waals surface area contributed by atoms with Crippen molar-refractivity contribution in [2.75, 3.05) is 0 Å². The highest BCUT2D eigenvalue weighted by Crippen LogP contribution is 2.10. The number of hydrogen-bond donors (Lipinski definition) is 7. The van der Waals surface area contributed by atoms with E-state index in [1.807, 2.05) is 5.48 Å². The SMILES string of the molecule is CC(NN)C(ON)C(N)CC(NO)C(C)OO. The summed E-state index contributed by atoms with van der Waals surface area (Å²) < 4.78 is 0. The van der Waals surface area contributed by atoms with E-state index >= 15 is 0 Å². The van der Waals surface area contributed by atoms with Gasteiger partial charge >= 0.3 is 0 Å². The van der Waals surface area contributed by atoms with Crippen LogP contribution in [0.15, 0.2) is 0 Å². The first-order valence-corrected chi connectivity index (χ1v) is 5.28. The quantitative estimate of drug-likeness (QED) is 0.140. The van der Waals surface area contributed by atoms with Crippen LogP contribution in [0, 0.1) is 0 Å². The predicted octanol–water partition coefficient (Wildman–Crippen LogP) is -1.96. The Morgan fingerprint density at radius 3 is 2.29 bits per heavy atom. The maximum atomic E-state index is 8.92. The van der Waals surface area contributed by atoms with Crippen LogP contribution in [0.4, 0.5) is 0 Å². The molecule has 0 saturated heterocycles. The van der Waals surface area contributed by atoms with Crippen LogP contribution in [0.5, 0.6) is 0 Å². The second-order valence-corrected chi connectivity index (χ2v) is 4.00. The number of hydroxylamine groups is 1. The van der Waals surface area contributed by atoms with Crippen LogP contribution in [-0.2, 0) is 9.73 Å². The molecule has 9 heteroatoms. The maximum absolute atomic E-state index is 8.92. The molecule has 0 spiro atoms. The molecule has 0 fully saturated rings. The van der Waals surface area contributed by atoms with Gasteiger partial charge < -0.3 is 10.9 Å². The van der Waals surface area contributed by atoms with Gasteiger partial charge in [-0.1, -0.05) is 0 Å². The molecular weight excluding hydrogens is 230 g/mol. The highest BCUT2D eigenvalue weighted by molar-refractivity contribution is 4.85. The van der Waals surface area contributed by atoms with Crippen molar-refractivity contribution in [3.63, 3.8) is 0 Å². The summed E-state index contributed by atoms with van der Waals surface area (Å²) in [5.41, 5.74) is 10.4. The summed E-state index contributed by atoms with van der Waals surface area (Å²) >= 11 is 0. The second-order valence-electron chi connectivity index (χ2n) is 4.00. The molecule has 17 heavy (non-hydrogen) atoms. The first-order valence-electron chi connectivity index (χ1n) is 5.28. The summed E-state index contributed by atoms with van der Waals surface area (Å²) in [6.07, 6.45) is -0.904. The van der Waals surface area contributed by atoms with Crippen LogP contribution in [0.25, 0.3) is 0 Å². The third kappa shape index (κ3) is 5.21. The molecule has 0 aromatic carbocycles. The minimum Gasteiger partial charge on any atom is -0.325 e. The molecule has 0 amide bonds. The zero-order chi connectivity index (χ0) is 13.4. The molecule has 9 nitrogen and oxygen atoms in total. The number of nitrogens with one attached hydrogen (secondary N) is 2. The van der Waals surface area contributed by atoms with E-state index in [4.69, 9.17) is 32.8 Å². The van der Waals surface area contributed by atoms with E-state index in [0.29, 0.717) is 0 Å². The van der Waals surface area contributed by atoms with Crippen molar-refractivity contribution in [3.05, 3.63) is 0 Å². The molecule has 10 N–H and O–H groups in total. The number of nitrogens with two attached hydrogens (primary N) is 3. The van der Waals surface area contributed by atoms with Crippen LogP contribution < -0.4 is 28.4 Å². The lowest BCUT2D eigenvalue weighted by Crippen LogP contribution is -2.55. The van der Waals surface area contributed by atoms with Crippen molar-refractivity contribution in [1.29, 1.82) is 0 Å². The Balaban J connectivity index is 4.41. The molecule has 104 valence electrons. The first kappa shape index (κ1) is 16.6. The number of hydrogen-bond acceptors (Lipinski definition) is 9. The maximum Gasteiger partial charge on any atom is 0.110 e. The molecule has 0 aliphatic rings. The summed E-state index contributed by atoms with van der Waals surface area (Å²) in [4.78, 5) is 8.86. The molecule has 0 aromatic heterocycles. The van der Waals surface area contributed by atoms with Gasteiger partial charge in [-0.05, 0) is 20.3 Å². The fourth-order valence-electron chi connectivity index (χ4n) is 1.53. The Bertz CT molecular complexity index is 199. The summed E-state index contributed by atoms with van der Waals surface area (Å²) in [6, 6.07) is -1.33. The zero-order valence-corrected chi connectivity index (χ0v) is 10.0. The van der Waals surface area contributed by atoms with Gasteiger partial charge in [0.05, 0.1) is 6.04 Å². The molecule has 0 radical (unpaired) electrons. The molecule has 0 aromatic rings. The lowest BCUT2D eigenvalue weighted by Gasteiger charge is -2.30. The average molecular weight is 253 g/mol. The van der Waals surface area contributed by atoms with E-state index < -0.39 is 24.3 Å². The van der Waals surface area contributed by atoms with E-state index in [0.717, 1.165) is 0 Å². The van der Waals surface area contributed by atoms with Crippen molar-refractivity contribution >= 4 is 0 Å². The number of rotatable bonds is 9. The van der Waals surface area contributed by atoms with Gasteiger partial charge in [-0.15, -0.1) is 0 Å². The summed E-state index contributed by atoms with van der Waals surface area (Å²) in [5.74, 6) is 10.4. The van der Waals surface area contributed by atoms with E-state index in [1.54, 1.807) is 13.8 Å². The third-order valence-electron chi connectivity index (χ3n) is 2.76. The van der Waals surface area contributed by atoms with E-state index in [2.05, 4.69) is 10.3 Å². The Hall–Kier alpha value is -0.360. The molecule has 0 rings (SSSR count). The normalized spacial score (nSPS) is 20.6. The van der Waals surface area contributed by atoms with Gasteiger partial charge in [0.2, 0.25) is 0 Å². The largest absolute Gasteiger partial charge is 0.325 e. The van der Waals surface area contributed by atoms with Gasteiger partial charge in [-0.2, -0.15) is 5.48 Å². The minimum atomic E-state index is -0.634. The predicted molar refractivity (Wildman–Crippen MR) is 60.3 cm³/mol. The summed E-state index contributed by atoms with van der Waals surface area (Å²) in [6.45, 7) is 3.33. The second kappa shape index (κ2) is 8.69. The van der Waals surface area contributed by atoms with E-state index in [9.17, 15) is 0 Å². The molecule has 5 unspecified atom stereocenters. The van der Waals surface area contributed by atoms with Crippen molar-refractivity contribution < 1.29 is 20.2 Å². The molecular formula is C8H23N5O4. The van der Waals surface area contributed by atoms with E-state index in [1.165, 1.54) is 0 Å². The molecule has 0 bridgehead atoms. The van der Waals surface area contributed by atoms with Gasteiger partial charge in [-0.3, -0.25) is 21.4 Å². The van der Waals surface area contributed by atoms with Crippen molar-refractivity contribution in [1.82, 2.24) is 10.9 Å². The fraction of sp³-hybridized carbons (Fsp3) is 1.00. The molecule has 0 aliphatic heterocycles. The molecule has 0 aliphatic carbocycles. The highest BCUT2D eigenvalue weighted by atomic mass is 17.1. The number of hydrazine groups is 1. The smallest absolute Gasteiger partial charge is 0.110 e. The highest BCUT2D eigenvalue weighted by Gasteiger charge is 2.29. The molecule has 5 atom stereocenters. The van der Waals surface area contributed by atoms with Gasteiger partial charge in [0.25, 0.3) is 0 Å². The molecule has 0 heterocycles. The van der Waals surface area contributed by atoms with Crippen molar-refractivity contribution in [2.24, 2.45) is 17.5 Å². The van der Waals surface area contributed by atoms with Crippen LogP contribution >= 0.6 is 0 Å². The standard InChI is InChI=1S/C8H23N5O4/c1-4(12-10)8(16-11)6(9)3-7(13-14)5(2)17-15/h4-8,12-15H,3,9-11H2,1-2H3. The zero-order valence-electron chi connectivity index (χ0n) is 10.0. The first-order chi connectivity index (χ1) is 8.01. The van der Waals surface area contributed by atoms with Gasteiger partial charge in [-0.25, -0.2) is 10.8 Å². The lowest BCUT2D eigenvalue weighted by molar-refractivity contribution is -0.284. The lowest BCUT2D eigenvalue weighted by atomic mass is 9.96. The van der Waals surface area contributed by atoms with Gasteiger partial charge in [0.1, 0.15) is 12.2 Å².